The van der Waals surface area contributed by atoms with Gasteiger partial charge in [-0.25, -0.2) is 0 Å². The Morgan fingerprint density at radius 1 is 1.40 bits per heavy atom. The monoisotopic (exact) mass is 208 g/mol. The Kier molecular flexibility index (Phi) is 4.59. The van der Waals surface area contributed by atoms with Crippen molar-refractivity contribution in [2.75, 3.05) is 19.3 Å². The standard InChI is InChI=1S/C12H20N2O/c1-10(15)7-8-14(2)9-11-5-3-4-6-12(11)13/h3-6,10,15H,7-9,13H2,1-2H3. The van der Waals surface area contributed by atoms with E-state index in [1.54, 1.807) is 0 Å². The molecular weight excluding hydrogens is 188 g/mol. The topological polar surface area (TPSA) is 49.5 Å². The lowest BCUT2D eigenvalue weighted by molar-refractivity contribution is 0.163. The molecule has 0 aliphatic rings. The van der Waals surface area contributed by atoms with Crippen LogP contribution < -0.4 is 5.73 Å². The van der Waals surface area contributed by atoms with Gasteiger partial charge in [-0.05, 0) is 32.0 Å². The third-order valence-electron chi connectivity index (χ3n) is 2.42. The maximum Gasteiger partial charge on any atom is 0.0524 e. The van der Waals surface area contributed by atoms with Gasteiger partial charge in [0.2, 0.25) is 0 Å². The molecular formula is C12H20N2O. The molecule has 1 rings (SSSR count). The first-order valence-electron chi connectivity index (χ1n) is 5.29. The fraction of sp³-hybridized carbons (Fsp3) is 0.500. The van der Waals surface area contributed by atoms with Crippen LogP contribution in [0.4, 0.5) is 5.69 Å². The summed E-state index contributed by atoms with van der Waals surface area (Å²) in [6.45, 7) is 3.52. The molecule has 1 atom stereocenters. The number of aliphatic hydroxyl groups is 1. The van der Waals surface area contributed by atoms with Gasteiger partial charge in [0.1, 0.15) is 0 Å². The lowest BCUT2D eigenvalue weighted by Gasteiger charge is -2.18. The summed E-state index contributed by atoms with van der Waals surface area (Å²) in [5, 5.41) is 9.17. The summed E-state index contributed by atoms with van der Waals surface area (Å²) in [5.74, 6) is 0. The van der Waals surface area contributed by atoms with Gasteiger partial charge < -0.3 is 15.7 Å². The van der Waals surface area contributed by atoms with Crippen LogP contribution in [0.3, 0.4) is 0 Å². The fourth-order valence-corrected chi connectivity index (χ4v) is 1.46. The number of benzene rings is 1. The minimum atomic E-state index is -0.236. The zero-order valence-electron chi connectivity index (χ0n) is 9.48. The third kappa shape index (κ3) is 4.32. The smallest absolute Gasteiger partial charge is 0.0524 e. The predicted molar refractivity (Wildman–Crippen MR) is 63.5 cm³/mol. The summed E-state index contributed by atoms with van der Waals surface area (Å²) in [6, 6.07) is 7.88. The van der Waals surface area contributed by atoms with Crippen LogP contribution in [0, 0.1) is 0 Å². The van der Waals surface area contributed by atoms with Crippen molar-refractivity contribution in [1.82, 2.24) is 4.90 Å². The SMILES string of the molecule is CC(O)CCN(C)Cc1ccccc1N. The minimum Gasteiger partial charge on any atom is -0.398 e. The van der Waals surface area contributed by atoms with Crippen molar-refractivity contribution in [1.29, 1.82) is 0 Å². The fourth-order valence-electron chi connectivity index (χ4n) is 1.46. The number of para-hydroxylation sites is 1. The van der Waals surface area contributed by atoms with Crippen LogP contribution in [-0.2, 0) is 6.54 Å². The first-order valence-corrected chi connectivity index (χ1v) is 5.29. The molecule has 0 fully saturated rings. The van der Waals surface area contributed by atoms with E-state index in [9.17, 15) is 5.11 Å². The third-order valence-corrected chi connectivity index (χ3v) is 2.42. The number of anilines is 1. The number of hydrogen-bond acceptors (Lipinski definition) is 3. The molecule has 0 aliphatic carbocycles. The van der Waals surface area contributed by atoms with Gasteiger partial charge in [0.15, 0.2) is 0 Å². The van der Waals surface area contributed by atoms with E-state index in [1.807, 2.05) is 38.2 Å². The Morgan fingerprint density at radius 2 is 2.07 bits per heavy atom. The van der Waals surface area contributed by atoms with Crippen molar-refractivity contribution in [2.24, 2.45) is 0 Å². The molecule has 3 nitrogen and oxygen atoms in total. The highest BCUT2D eigenvalue weighted by molar-refractivity contribution is 5.46. The van der Waals surface area contributed by atoms with E-state index in [4.69, 9.17) is 5.73 Å². The molecule has 1 aromatic rings. The number of nitrogen functional groups attached to an aromatic ring is 1. The summed E-state index contributed by atoms with van der Waals surface area (Å²) in [4.78, 5) is 2.17. The molecule has 1 aromatic carbocycles. The molecule has 1 unspecified atom stereocenters. The van der Waals surface area contributed by atoms with E-state index in [2.05, 4.69) is 4.90 Å². The van der Waals surface area contributed by atoms with Crippen molar-refractivity contribution in [3.05, 3.63) is 29.8 Å². The Labute approximate surface area is 91.5 Å². The summed E-state index contributed by atoms with van der Waals surface area (Å²) < 4.78 is 0. The average molecular weight is 208 g/mol. The lowest BCUT2D eigenvalue weighted by atomic mass is 10.1. The van der Waals surface area contributed by atoms with E-state index >= 15 is 0 Å². The quantitative estimate of drug-likeness (QED) is 0.720. The van der Waals surface area contributed by atoms with E-state index < -0.39 is 0 Å². The van der Waals surface area contributed by atoms with Crippen molar-refractivity contribution in [2.45, 2.75) is 26.0 Å². The summed E-state index contributed by atoms with van der Waals surface area (Å²) in [5.41, 5.74) is 7.83. The molecule has 0 saturated carbocycles. The van der Waals surface area contributed by atoms with Crippen molar-refractivity contribution in [3.8, 4) is 0 Å². The van der Waals surface area contributed by atoms with Gasteiger partial charge in [-0.15, -0.1) is 0 Å². The van der Waals surface area contributed by atoms with Crippen LogP contribution in [-0.4, -0.2) is 29.7 Å². The van der Waals surface area contributed by atoms with Crippen LogP contribution in [0.1, 0.15) is 18.9 Å². The van der Waals surface area contributed by atoms with E-state index in [1.165, 1.54) is 0 Å². The maximum atomic E-state index is 9.17. The number of nitrogens with zero attached hydrogens (tertiary/aromatic N) is 1. The minimum absolute atomic E-state index is 0.236. The normalized spacial score (nSPS) is 13.1. The molecule has 3 heteroatoms. The molecule has 0 aliphatic heterocycles. The summed E-state index contributed by atoms with van der Waals surface area (Å²) in [7, 11) is 2.04. The van der Waals surface area contributed by atoms with Gasteiger partial charge in [0.25, 0.3) is 0 Å². The lowest BCUT2D eigenvalue weighted by Crippen LogP contribution is -2.22. The largest absolute Gasteiger partial charge is 0.398 e. The van der Waals surface area contributed by atoms with E-state index in [-0.39, 0.29) is 6.10 Å². The van der Waals surface area contributed by atoms with Crippen LogP contribution in [0.25, 0.3) is 0 Å². The second-order valence-electron chi connectivity index (χ2n) is 4.07. The van der Waals surface area contributed by atoms with Crippen LogP contribution in [0.15, 0.2) is 24.3 Å². The molecule has 3 N–H and O–H groups in total. The van der Waals surface area contributed by atoms with Gasteiger partial charge in [0.05, 0.1) is 6.10 Å². The van der Waals surface area contributed by atoms with Gasteiger partial charge in [-0.1, -0.05) is 18.2 Å². The number of rotatable bonds is 5. The van der Waals surface area contributed by atoms with Crippen LogP contribution in [0.5, 0.6) is 0 Å². The first-order chi connectivity index (χ1) is 7.09. The van der Waals surface area contributed by atoms with Crippen LogP contribution in [0.2, 0.25) is 0 Å². The molecule has 0 bridgehead atoms. The zero-order chi connectivity index (χ0) is 11.3. The maximum absolute atomic E-state index is 9.17. The van der Waals surface area contributed by atoms with Crippen molar-refractivity contribution < 1.29 is 5.11 Å². The molecule has 0 spiro atoms. The number of aliphatic hydroxyl groups excluding tert-OH is 1. The molecule has 0 amide bonds. The Morgan fingerprint density at radius 3 is 2.67 bits per heavy atom. The molecule has 0 heterocycles. The summed E-state index contributed by atoms with van der Waals surface area (Å²) in [6.07, 6.45) is 0.559. The molecule has 15 heavy (non-hydrogen) atoms. The van der Waals surface area contributed by atoms with Crippen molar-refractivity contribution >= 4 is 5.69 Å². The highest BCUT2D eigenvalue weighted by atomic mass is 16.3. The Hall–Kier alpha value is -1.06. The second kappa shape index (κ2) is 5.73. The van der Waals surface area contributed by atoms with Gasteiger partial charge >= 0.3 is 0 Å². The molecule has 0 radical (unpaired) electrons. The number of nitrogens with two attached hydrogens (primary N) is 1. The van der Waals surface area contributed by atoms with E-state index in [0.717, 1.165) is 30.8 Å². The molecule has 84 valence electrons. The van der Waals surface area contributed by atoms with Crippen LogP contribution >= 0.6 is 0 Å². The summed E-state index contributed by atoms with van der Waals surface area (Å²) >= 11 is 0. The van der Waals surface area contributed by atoms with Gasteiger partial charge in [0, 0.05) is 18.8 Å². The zero-order valence-corrected chi connectivity index (χ0v) is 9.48. The average Bonchev–Trinajstić information content (AvgIpc) is 2.18. The van der Waals surface area contributed by atoms with Crippen molar-refractivity contribution in [3.63, 3.8) is 0 Å². The first kappa shape index (κ1) is 12.0. The van der Waals surface area contributed by atoms with Gasteiger partial charge in [-0.2, -0.15) is 0 Å². The highest BCUT2D eigenvalue weighted by Gasteiger charge is 2.04. The Balaban J connectivity index is 2.44. The predicted octanol–water partition coefficient (Wildman–Crippen LogP) is 1.47. The Bertz CT molecular complexity index is 299. The molecule has 0 saturated heterocycles. The number of hydrogen-bond donors (Lipinski definition) is 2. The van der Waals surface area contributed by atoms with Gasteiger partial charge in [-0.3, -0.25) is 0 Å². The second-order valence-corrected chi connectivity index (χ2v) is 4.07. The highest BCUT2D eigenvalue weighted by Crippen LogP contribution is 2.12. The molecule has 0 aromatic heterocycles. The van der Waals surface area contributed by atoms with E-state index in [0.29, 0.717) is 0 Å².